The first-order valence-corrected chi connectivity index (χ1v) is 11.3. The monoisotopic (exact) mass is 431 g/mol. The lowest BCUT2D eigenvalue weighted by molar-refractivity contribution is 0.283. The highest BCUT2D eigenvalue weighted by molar-refractivity contribution is 5.54. The summed E-state index contributed by atoms with van der Waals surface area (Å²) >= 11 is 0. The van der Waals surface area contributed by atoms with Crippen molar-refractivity contribution < 1.29 is 14.2 Å². The molecule has 0 radical (unpaired) electrons. The largest absolute Gasteiger partial charge is 0.496 e. The van der Waals surface area contributed by atoms with E-state index >= 15 is 0 Å². The molecule has 0 saturated heterocycles. The van der Waals surface area contributed by atoms with Gasteiger partial charge < -0.3 is 19.5 Å². The third-order valence-corrected chi connectivity index (χ3v) is 6.27. The van der Waals surface area contributed by atoms with Crippen molar-refractivity contribution in [1.29, 1.82) is 0 Å². The molecule has 3 aromatic rings. The highest BCUT2D eigenvalue weighted by atomic mass is 16.5. The van der Waals surface area contributed by atoms with Crippen molar-refractivity contribution in [3.63, 3.8) is 0 Å². The number of rotatable bonds is 7. The van der Waals surface area contributed by atoms with E-state index in [2.05, 4.69) is 62.5 Å². The molecule has 4 heteroatoms. The molecule has 32 heavy (non-hydrogen) atoms. The molecule has 0 aliphatic carbocycles. The van der Waals surface area contributed by atoms with Gasteiger partial charge in [-0.3, -0.25) is 0 Å². The Bertz CT molecular complexity index is 1080. The number of fused-ring (bicyclic) bond motifs is 1. The van der Waals surface area contributed by atoms with E-state index < -0.39 is 0 Å². The van der Waals surface area contributed by atoms with E-state index in [4.69, 9.17) is 14.2 Å². The summed E-state index contributed by atoms with van der Waals surface area (Å²) in [5, 5.41) is 3.74. The van der Waals surface area contributed by atoms with E-state index in [-0.39, 0.29) is 6.04 Å². The van der Waals surface area contributed by atoms with E-state index in [9.17, 15) is 0 Å². The molecule has 1 aliphatic heterocycles. The first kappa shape index (κ1) is 22.2. The second kappa shape index (κ2) is 9.66. The molecular formula is C28H33NO3. The third-order valence-electron chi connectivity index (χ3n) is 6.27. The molecule has 1 atom stereocenters. The zero-order valence-electron chi connectivity index (χ0n) is 19.7. The van der Waals surface area contributed by atoms with Crippen molar-refractivity contribution in [3.05, 3.63) is 88.0 Å². The molecule has 4 rings (SSSR count). The summed E-state index contributed by atoms with van der Waals surface area (Å²) in [6.45, 7) is 8.01. The van der Waals surface area contributed by atoms with Gasteiger partial charge in [0.15, 0.2) is 11.5 Å². The van der Waals surface area contributed by atoms with Gasteiger partial charge in [-0.2, -0.15) is 0 Å². The summed E-state index contributed by atoms with van der Waals surface area (Å²) in [5.41, 5.74) is 7.43. The minimum atomic E-state index is 0.104. The Hall–Kier alpha value is -2.98. The Morgan fingerprint density at radius 1 is 0.906 bits per heavy atom. The first-order valence-electron chi connectivity index (χ1n) is 11.3. The van der Waals surface area contributed by atoms with Gasteiger partial charge in [-0.25, -0.2) is 0 Å². The van der Waals surface area contributed by atoms with Crippen LogP contribution in [0, 0.1) is 6.92 Å². The van der Waals surface area contributed by atoms with Crippen molar-refractivity contribution in [1.82, 2.24) is 5.32 Å². The Morgan fingerprint density at radius 2 is 1.66 bits per heavy atom. The van der Waals surface area contributed by atoms with Gasteiger partial charge in [0.05, 0.1) is 20.3 Å². The van der Waals surface area contributed by atoms with E-state index in [1.54, 1.807) is 14.2 Å². The fourth-order valence-corrected chi connectivity index (χ4v) is 4.50. The Kier molecular flexibility index (Phi) is 6.71. The van der Waals surface area contributed by atoms with Crippen LogP contribution in [0.5, 0.6) is 17.2 Å². The SMILES string of the molecule is COc1cc2c(cc1OCc1ccccc1)C(c1cc(C(C)C)c(OC)cc1C)NCC2. The van der Waals surface area contributed by atoms with Crippen LogP contribution in [0.2, 0.25) is 0 Å². The normalized spacial score (nSPS) is 15.4. The maximum atomic E-state index is 6.22. The highest BCUT2D eigenvalue weighted by Crippen LogP contribution is 2.40. The van der Waals surface area contributed by atoms with Crippen LogP contribution in [0.15, 0.2) is 54.6 Å². The highest BCUT2D eigenvalue weighted by Gasteiger charge is 2.26. The number of aryl methyl sites for hydroxylation is 1. The van der Waals surface area contributed by atoms with Gasteiger partial charge in [-0.15, -0.1) is 0 Å². The average Bonchev–Trinajstić information content (AvgIpc) is 2.82. The first-order chi connectivity index (χ1) is 15.5. The van der Waals surface area contributed by atoms with Crippen LogP contribution < -0.4 is 19.5 Å². The summed E-state index contributed by atoms with van der Waals surface area (Å²) in [5.74, 6) is 2.90. The van der Waals surface area contributed by atoms with Crippen molar-refractivity contribution in [2.24, 2.45) is 0 Å². The van der Waals surface area contributed by atoms with Crippen LogP contribution in [0.1, 0.15) is 59.2 Å². The lowest BCUT2D eigenvalue weighted by atomic mass is 9.85. The summed E-state index contributed by atoms with van der Waals surface area (Å²) in [6, 6.07) is 19.1. The van der Waals surface area contributed by atoms with Crippen LogP contribution in [-0.2, 0) is 13.0 Å². The fraction of sp³-hybridized carbons (Fsp3) is 0.357. The minimum absolute atomic E-state index is 0.104. The van der Waals surface area contributed by atoms with Gasteiger partial charge >= 0.3 is 0 Å². The van der Waals surface area contributed by atoms with Gasteiger partial charge in [0.2, 0.25) is 0 Å². The second-order valence-corrected chi connectivity index (χ2v) is 8.72. The van der Waals surface area contributed by atoms with Crippen molar-refractivity contribution in [3.8, 4) is 17.2 Å². The lowest BCUT2D eigenvalue weighted by Crippen LogP contribution is -2.31. The van der Waals surface area contributed by atoms with Crippen LogP contribution >= 0.6 is 0 Å². The average molecular weight is 432 g/mol. The molecule has 4 nitrogen and oxygen atoms in total. The van der Waals surface area contributed by atoms with Crippen LogP contribution in [0.3, 0.4) is 0 Å². The molecule has 0 spiro atoms. The van der Waals surface area contributed by atoms with Gasteiger partial charge in [0.25, 0.3) is 0 Å². The molecule has 168 valence electrons. The number of methoxy groups -OCH3 is 2. The van der Waals surface area contributed by atoms with Gasteiger partial charge in [-0.1, -0.05) is 44.2 Å². The van der Waals surface area contributed by atoms with E-state index in [1.165, 1.54) is 27.8 Å². The minimum Gasteiger partial charge on any atom is -0.496 e. The predicted molar refractivity (Wildman–Crippen MR) is 129 cm³/mol. The summed E-state index contributed by atoms with van der Waals surface area (Å²) in [4.78, 5) is 0. The van der Waals surface area contributed by atoms with Gasteiger partial charge in [0.1, 0.15) is 12.4 Å². The van der Waals surface area contributed by atoms with Gasteiger partial charge in [0, 0.05) is 6.54 Å². The van der Waals surface area contributed by atoms with E-state index in [0.717, 1.165) is 35.8 Å². The molecule has 0 saturated carbocycles. The zero-order valence-corrected chi connectivity index (χ0v) is 19.7. The zero-order chi connectivity index (χ0) is 22.7. The summed E-state index contributed by atoms with van der Waals surface area (Å²) < 4.78 is 17.6. The fourth-order valence-electron chi connectivity index (χ4n) is 4.50. The molecule has 0 bridgehead atoms. The molecule has 3 aromatic carbocycles. The smallest absolute Gasteiger partial charge is 0.162 e. The molecule has 0 amide bonds. The molecule has 1 aliphatic rings. The van der Waals surface area contributed by atoms with E-state index in [0.29, 0.717) is 12.5 Å². The number of benzene rings is 3. The van der Waals surface area contributed by atoms with Crippen LogP contribution in [0.25, 0.3) is 0 Å². The Morgan fingerprint density at radius 3 is 2.34 bits per heavy atom. The van der Waals surface area contributed by atoms with E-state index in [1.807, 2.05) is 18.2 Å². The van der Waals surface area contributed by atoms with Gasteiger partial charge in [-0.05, 0) is 76.9 Å². The number of nitrogens with one attached hydrogen (secondary N) is 1. The van der Waals surface area contributed by atoms with Crippen molar-refractivity contribution in [2.75, 3.05) is 20.8 Å². The standard InChI is InChI=1S/C28H33NO3/c1-18(2)22-15-23(19(3)13-25(22)30-4)28-24-16-27(32-17-20-9-7-6-8-10-20)26(31-5)14-21(24)11-12-29-28/h6-10,13-16,18,28-29H,11-12,17H2,1-5H3. The van der Waals surface area contributed by atoms with Crippen LogP contribution in [0.4, 0.5) is 0 Å². The number of hydrogen-bond donors (Lipinski definition) is 1. The summed E-state index contributed by atoms with van der Waals surface area (Å²) in [7, 11) is 3.45. The Balaban J connectivity index is 1.73. The van der Waals surface area contributed by atoms with Crippen molar-refractivity contribution >= 4 is 0 Å². The molecule has 0 fully saturated rings. The Labute approximate surface area is 191 Å². The lowest BCUT2D eigenvalue weighted by Gasteiger charge is -2.30. The van der Waals surface area contributed by atoms with Crippen molar-refractivity contribution in [2.45, 2.75) is 45.8 Å². The topological polar surface area (TPSA) is 39.7 Å². The molecule has 0 aromatic heterocycles. The van der Waals surface area contributed by atoms with Crippen LogP contribution in [-0.4, -0.2) is 20.8 Å². The maximum absolute atomic E-state index is 6.22. The second-order valence-electron chi connectivity index (χ2n) is 8.72. The summed E-state index contributed by atoms with van der Waals surface area (Å²) in [6.07, 6.45) is 0.966. The maximum Gasteiger partial charge on any atom is 0.162 e. The third kappa shape index (κ3) is 4.46. The quantitative estimate of drug-likeness (QED) is 0.502. The number of ether oxygens (including phenoxy) is 3. The molecule has 1 unspecified atom stereocenters. The molecular weight excluding hydrogens is 398 g/mol. The molecule has 1 N–H and O–H groups in total. The number of hydrogen-bond acceptors (Lipinski definition) is 4. The predicted octanol–water partition coefficient (Wildman–Crippen LogP) is 5.95. The molecule has 1 heterocycles.